The highest BCUT2D eigenvalue weighted by atomic mass is 19.4. The van der Waals surface area contributed by atoms with E-state index in [2.05, 4.69) is 19.9 Å². The Labute approximate surface area is 186 Å². The Morgan fingerprint density at radius 3 is 2.55 bits per heavy atom. The Morgan fingerprint density at radius 1 is 1.12 bits per heavy atom. The molecular weight excluding hydrogens is 442 g/mol. The number of likely N-dealkylation sites (tertiary alicyclic amines) is 1. The largest absolute Gasteiger partial charge is 0.470 e. The van der Waals surface area contributed by atoms with Crippen molar-refractivity contribution >= 4 is 5.91 Å². The number of alkyl halides is 3. The van der Waals surface area contributed by atoms with Crippen molar-refractivity contribution in [2.45, 2.75) is 38.1 Å². The number of ether oxygens (including phenoxy) is 1. The molecule has 0 spiro atoms. The number of aromatic nitrogens is 4. The van der Waals surface area contributed by atoms with Crippen LogP contribution in [0.25, 0.3) is 11.4 Å². The van der Waals surface area contributed by atoms with E-state index in [1.807, 2.05) is 0 Å². The van der Waals surface area contributed by atoms with Gasteiger partial charge in [0.1, 0.15) is 11.8 Å². The molecule has 0 radical (unpaired) electrons. The number of carbonyl (C=O) groups excluding carboxylic acids is 1. The lowest BCUT2D eigenvalue weighted by Gasteiger charge is -2.39. The van der Waals surface area contributed by atoms with Crippen molar-refractivity contribution in [3.8, 4) is 17.3 Å². The van der Waals surface area contributed by atoms with Crippen LogP contribution in [0.3, 0.4) is 0 Å². The number of nitrogens with zero attached hydrogens (tertiary/aromatic N) is 5. The van der Waals surface area contributed by atoms with Crippen molar-refractivity contribution < 1.29 is 27.1 Å². The molecule has 0 unspecified atom stereocenters. The minimum Gasteiger partial charge on any atom is -0.470 e. The fraction of sp³-hybridized carbons (Fsp3) is 0.318. The van der Waals surface area contributed by atoms with Crippen LogP contribution in [0.2, 0.25) is 0 Å². The van der Waals surface area contributed by atoms with Gasteiger partial charge in [0.05, 0.1) is 17.2 Å². The van der Waals surface area contributed by atoms with Crippen LogP contribution < -0.4 is 4.74 Å². The molecular formula is C22H19F4N5O2. The van der Waals surface area contributed by atoms with Crippen molar-refractivity contribution in [3.63, 3.8) is 0 Å². The highest BCUT2D eigenvalue weighted by Gasteiger charge is 2.36. The summed E-state index contributed by atoms with van der Waals surface area (Å²) in [4.78, 5) is 31.0. The fourth-order valence-corrected chi connectivity index (χ4v) is 3.69. The van der Waals surface area contributed by atoms with E-state index in [0.29, 0.717) is 43.0 Å². The average Bonchev–Trinajstić information content (AvgIpc) is 2.81. The molecule has 0 aromatic carbocycles. The van der Waals surface area contributed by atoms with Crippen LogP contribution in [-0.4, -0.2) is 49.4 Å². The summed E-state index contributed by atoms with van der Waals surface area (Å²) in [6.45, 7) is 2.14. The Kier molecular flexibility index (Phi) is 6.21. The van der Waals surface area contributed by atoms with E-state index < -0.39 is 35.6 Å². The maximum Gasteiger partial charge on any atom is 0.417 e. The molecule has 3 aromatic heterocycles. The molecule has 172 valence electrons. The first kappa shape index (κ1) is 22.6. The third-order valence-electron chi connectivity index (χ3n) is 5.39. The predicted molar refractivity (Wildman–Crippen MR) is 109 cm³/mol. The molecule has 1 aliphatic heterocycles. The van der Waals surface area contributed by atoms with E-state index in [4.69, 9.17) is 4.74 Å². The van der Waals surface area contributed by atoms with Gasteiger partial charge in [-0.05, 0) is 44.0 Å². The minimum atomic E-state index is -4.71. The molecule has 4 rings (SSSR count). The summed E-state index contributed by atoms with van der Waals surface area (Å²) in [7, 11) is 0. The second kappa shape index (κ2) is 9.08. The van der Waals surface area contributed by atoms with Crippen LogP contribution in [-0.2, 0) is 6.18 Å². The molecule has 0 saturated carbocycles. The van der Waals surface area contributed by atoms with Gasteiger partial charge in [0.2, 0.25) is 0 Å². The van der Waals surface area contributed by atoms with Crippen LogP contribution in [0, 0.1) is 5.82 Å². The molecule has 1 amide bonds. The highest BCUT2D eigenvalue weighted by Crippen LogP contribution is 2.32. The van der Waals surface area contributed by atoms with E-state index in [1.54, 1.807) is 42.4 Å². The van der Waals surface area contributed by atoms with Crippen LogP contribution in [0.15, 0.2) is 49.1 Å². The monoisotopic (exact) mass is 461 g/mol. The smallest absolute Gasteiger partial charge is 0.417 e. The summed E-state index contributed by atoms with van der Waals surface area (Å²) < 4.78 is 58.1. The van der Waals surface area contributed by atoms with Gasteiger partial charge in [0, 0.05) is 31.3 Å². The van der Waals surface area contributed by atoms with Crippen molar-refractivity contribution in [3.05, 3.63) is 66.1 Å². The van der Waals surface area contributed by atoms with Gasteiger partial charge in [0.25, 0.3) is 11.8 Å². The van der Waals surface area contributed by atoms with E-state index in [0.717, 1.165) is 0 Å². The van der Waals surface area contributed by atoms with Crippen molar-refractivity contribution in [1.82, 2.24) is 24.8 Å². The van der Waals surface area contributed by atoms with E-state index in [9.17, 15) is 22.4 Å². The van der Waals surface area contributed by atoms with Gasteiger partial charge >= 0.3 is 6.18 Å². The molecule has 4 heterocycles. The van der Waals surface area contributed by atoms with E-state index >= 15 is 0 Å². The van der Waals surface area contributed by atoms with Gasteiger partial charge in [-0.25, -0.2) is 19.3 Å². The summed E-state index contributed by atoms with van der Waals surface area (Å²) in [5.74, 6) is -1.78. The molecule has 1 aliphatic rings. The molecule has 3 aromatic rings. The number of piperidine rings is 1. The number of carbonyl (C=O) groups is 1. The van der Waals surface area contributed by atoms with Crippen LogP contribution in [0.1, 0.15) is 35.8 Å². The van der Waals surface area contributed by atoms with Crippen molar-refractivity contribution in [1.29, 1.82) is 0 Å². The number of hydrogen-bond donors (Lipinski definition) is 0. The third kappa shape index (κ3) is 4.76. The Balaban J connectivity index is 1.55. The first-order valence-electron chi connectivity index (χ1n) is 10.2. The molecule has 0 bridgehead atoms. The lowest BCUT2D eigenvalue weighted by atomic mass is 9.99. The lowest BCUT2D eigenvalue weighted by Crippen LogP contribution is -2.51. The second-order valence-electron chi connectivity index (χ2n) is 7.52. The normalized spacial score (nSPS) is 18.8. The van der Waals surface area contributed by atoms with Crippen LogP contribution in [0.5, 0.6) is 5.88 Å². The quantitative estimate of drug-likeness (QED) is 0.543. The molecule has 0 aliphatic carbocycles. The van der Waals surface area contributed by atoms with Gasteiger partial charge in [-0.15, -0.1) is 0 Å². The maximum absolute atomic E-state index is 14.2. The third-order valence-corrected chi connectivity index (χ3v) is 5.39. The number of pyridine rings is 2. The Bertz CT molecular complexity index is 1140. The zero-order valence-corrected chi connectivity index (χ0v) is 17.5. The lowest BCUT2D eigenvalue weighted by molar-refractivity contribution is -0.138. The summed E-state index contributed by atoms with van der Waals surface area (Å²) >= 11 is 0. The van der Waals surface area contributed by atoms with E-state index in [1.165, 1.54) is 6.20 Å². The summed E-state index contributed by atoms with van der Waals surface area (Å²) in [6.07, 6.45) is 0.777. The zero-order chi connectivity index (χ0) is 23.6. The van der Waals surface area contributed by atoms with Crippen LogP contribution >= 0.6 is 0 Å². The molecule has 1 saturated heterocycles. The second-order valence-corrected chi connectivity index (χ2v) is 7.52. The van der Waals surface area contributed by atoms with Gasteiger partial charge in [-0.3, -0.25) is 9.78 Å². The number of hydrogen-bond acceptors (Lipinski definition) is 6. The zero-order valence-electron chi connectivity index (χ0n) is 17.5. The molecule has 1 fully saturated rings. The predicted octanol–water partition coefficient (Wildman–Crippen LogP) is 4.16. The van der Waals surface area contributed by atoms with Crippen molar-refractivity contribution in [2.24, 2.45) is 0 Å². The Morgan fingerprint density at radius 2 is 1.85 bits per heavy atom. The highest BCUT2D eigenvalue weighted by molar-refractivity contribution is 5.98. The number of halogens is 4. The molecule has 2 atom stereocenters. The summed E-state index contributed by atoms with van der Waals surface area (Å²) in [6, 6.07) is 4.86. The molecule has 0 N–H and O–H groups in total. The summed E-state index contributed by atoms with van der Waals surface area (Å²) in [5, 5.41) is 0. The molecule has 7 nitrogen and oxygen atoms in total. The van der Waals surface area contributed by atoms with E-state index in [-0.39, 0.29) is 11.6 Å². The maximum atomic E-state index is 14.2. The molecule has 33 heavy (non-hydrogen) atoms. The topological polar surface area (TPSA) is 81.1 Å². The SMILES string of the molecule is C[C@H]1[C@H](Oc2ncc(C(F)(F)F)cc2F)CCCN1C(=O)c1ncccc1-c1ncccn1. The van der Waals surface area contributed by atoms with Crippen molar-refractivity contribution in [2.75, 3.05) is 6.54 Å². The first-order valence-corrected chi connectivity index (χ1v) is 10.2. The van der Waals surface area contributed by atoms with Crippen LogP contribution in [0.4, 0.5) is 17.6 Å². The summed E-state index contributed by atoms with van der Waals surface area (Å²) in [5.41, 5.74) is -0.574. The van der Waals surface area contributed by atoms with Gasteiger partial charge in [0.15, 0.2) is 11.6 Å². The average molecular weight is 461 g/mol. The number of rotatable bonds is 4. The number of amides is 1. The fourth-order valence-electron chi connectivity index (χ4n) is 3.69. The van der Waals surface area contributed by atoms with Gasteiger partial charge < -0.3 is 9.64 Å². The first-order chi connectivity index (χ1) is 15.8. The molecule has 11 heteroatoms. The standard InChI is InChI=1S/C22H19F4N5O2/c1-13-17(33-20-16(23)11-14(12-30-20)22(24,25)26)6-3-10-31(13)21(32)18-15(5-2-7-27-18)19-28-8-4-9-29-19/h2,4-5,7-9,11-13,17H,3,6,10H2,1H3/t13-,17+/m0/s1. The van der Waals surface area contributed by atoms with Gasteiger partial charge in [-0.2, -0.15) is 13.2 Å². The Hall–Kier alpha value is -3.63. The minimum absolute atomic E-state index is 0.162. The van der Waals surface area contributed by atoms with Gasteiger partial charge in [-0.1, -0.05) is 0 Å².